The normalized spacial score (nSPS) is 17.5. The number of aryl methyl sites for hydroxylation is 2. The SMILES string of the molecule is Cn1nc(C2CCNCC2)nc1NC(=O)c1ccc2c(c1)CCC(=O)N2. The molecular weight excluding hydrogens is 332 g/mol. The maximum absolute atomic E-state index is 12.6. The molecule has 1 saturated heterocycles. The molecule has 1 fully saturated rings. The lowest BCUT2D eigenvalue weighted by molar-refractivity contribution is -0.116. The van der Waals surface area contributed by atoms with Gasteiger partial charge in [0.2, 0.25) is 11.9 Å². The molecule has 4 rings (SSSR count). The Bertz CT molecular complexity index is 853. The molecular formula is C18H22N6O2. The van der Waals surface area contributed by atoms with Crippen molar-refractivity contribution in [2.75, 3.05) is 23.7 Å². The molecule has 1 aromatic carbocycles. The number of benzene rings is 1. The summed E-state index contributed by atoms with van der Waals surface area (Å²) in [5.41, 5.74) is 2.31. The van der Waals surface area contributed by atoms with Gasteiger partial charge in [0.05, 0.1) is 0 Å². The van der Waals surface area contributed by atoms with Crippen molar-refractivity contribution in [2.24, 2.45) is 7.05 Å². The van der Waals surface area contributed by atoms with E-state index in [1.54, 1.807) is 23.9 Å². The molecule has 0 radical (unpaired) electrons. The van der Waals surface area contributed by atoms with Crippen LogP contribution in [0.2, 0.25) is 0 Å². The summed E-state index contributed by atoms with van der Waals surface area (Å²) < 4.78 is 1.62. The van der Waals surface area contributed by atoms with E-state index in [2.05, 4.69) is 26.0 Å². The van der Waals surface area contributed by atoms with E-state index >= 15 is 0 Å². The fourth-order valence-corrected chi connectivity index (χ4v) is 3.46. The number of amides is 2. The Kier molecular flexibility index (Phi) is 4.42. The molecule has 0 spiro atoms. The first-order chi connectivity index (χ1) is 12.6. The summed E-state index contributed by atoms with van der Waals surface area (Å²) in [4.78, 5) is 28.6. The fourth-order valence-electron chi connectivity index (χ4n) is 3.46. The standard InChI is InChI=1S/C18H22N6O2/c1-24-18(21-16(23-24)11-6-8-19-9-7-11)22-17(26)13-2-4-14-12(10-13)3-5-15(25)20-14/h2,4,10-11,19H,3,5-9H2,1H3,(H,20,25)(H,21,22,23,26). The van der Waals surface area contributed by atoms with Crippen LogP contribution in [-0.2, 0) is 18.3 Å². The number of fused-ring (bicyclic) bond motifs is 1. The number of hydrogen-bond acceptors (Lipinski definition) is 5. The molecule has 8 nitrogen and oxygen atoms in total. The van der Waals surface area contributed by atoms with E-state index < -0.39 is 0 Å². The summed E-state index contributed by atoms with van der Waals surface area (Å²) in [6.45, 7) is 1.94. The van der Waals surface area contributed by atoms with Gasteiger partial charge in [0.15, 0.2) is 5.82 Å². The van der Waals surface area contributed by atoms with Crippen LogP contribution in [0.5, 0.6) is 0 Å². The number of nitrogens with zero attached hydrogens (tertiary/aromatic N) is 3. The van der Waals surface area contributed by atoms with Gasteiger partial charge in [-0.25, -0.2) is 4.68 Å². The van der Waals surface area contributed by atoms with Crippen LogP contribution in [0.15, 0.2) is 18.2 Å². The lowest BCUT2D eigenvalue weighted by Crippen LogP contribution is -2.27. The minimum Gasteiger partial charge on any atom is -0.326 e. The summed E-state index contributed by atoms with van der Waals surface area (Å²) in [5, 5.41) is 13.5. The van der Waals surface area contributed by atoms with Gasteiger partial charge in [-0.05, 0) is 56.1 Å². The second kappa shape index (κ2) is 6.87. The summed E-state index contributed by atoms with van der Waals surface area (Å²) in [6, 6.07) is 5.32. The number of nitrogens with one attached hydrogen (secondary N) is 3. The smallest absolute Gasteiger partial charge is 0.258 e. The first-order valence-corrected chi connectivity index (χ1v) is 8.96. The van der Waals surface area contributed by atoms with Crippen LogP contribution in [0.3, 0.4) is 0 Å². The third-order valence-corrected chi connectivity index (χ3v) is 4.97. The first kappa shape index (κ1) is 16.7. The van der Waals surface area contributed by atoms with Crippen molar-refractivity contribution < 1.29 is 9.59 Å². The van der Waals surface area contributed by atoms with Gasteiger partial charge in [0.25, 0.3) is 5.91 Å². The maximum Gasteiger partial charge on any atom is 0.258 e. The van der Waals surface area contributed by atoms with Gasteiger partial charge in [0, 0.05) is 30.6 Å². The Morgan fingerprint density at radius 3 is 2.88 bits per heavy atom. The fraction of sp³-hybridized carbons (Fsp3) is 0.444. The second-order valence-electron chi connectivity index (χ2n) is 6.82. The predicted octanol–water partition coefficient (Wildman–Crippen LogP) is 1.42. The predicted molar refractivity (Wildman–Crippen MR) is 97.2 cm³/mol. The topological polar surface area (TPSA) is 101 Å². The van der Waals surface area contributed by atoms with Crippen molar-refractivity contribution in [1.82, 2.24) is 20.1 Å². The molecule has 136 valence electrons. The highest BCUT2D eigenvalue weighted by atomic mass is 16.2. The molecule has 1 aromatic heterocycles. The number of carbonyl (C=O) groups is 2. The minimum absolute atomic E-state index is 0.0132. The van der Waals surface area contributed by atoms with Gasteiger partial charge in [-0.15, -0.1) is 0 Å². The monoisotopic (exact) mass is 354 g/mol. The molecule has 26 heavy (non-hydrogen) atoms. The van der Waals surface area contributed by atoms with Gasteiger partial charge in [-0.3, -0.25) is 14.9 Å². The van der Waals surface area contributed by atoms with Crippen molar-refractivity contribution >= 4 is 23.5 Å². The highest BCUT2D eigenvalue weighted by Gasteiger charge is 2.22. The lowest BCUT2D eigenvalue weighted by atomic mass is 9.98. The highest BCUT2D eigenvalue weighted by molar-refractivity contribution is 6.04. The summed E-state index contributed by atoms with van der Waals surface area (Å²) in [5.74, 6) is 1.36. The average Bonchev–Trinajstić information content (AvgIpc) is 3.02. The van der Waals surface area contributed by atoms with Crippen LogP contribution in [0, 0.1) is 0 Å². The zero-order valence-corrected chi connectivity index (χ0v) is 14.7. The Labute approximate surface area is 151 Å². The Hall–Kier alpha value is -2.74. The van der Waals surface area contributed by atoms with Crippen molar-refractivity contribution in [1.29, 1.82) is 0 Å². The Morgan fingerprint density at radius 2 is 2.08 bits per heavy atom. The molecule has 3 N–H and O–H groups in total. The van der Waals surface area contributed by atoms with Gasteiger partial charge in [0.1, 0.15) is 0 Å². The van der Waals surface area contributed by atoms with Gasteiger partial charge >= 0.3 is 0 Å². The van der Waals surface area contributed by atoms with Crippen LogP contribution in [0.25, 0.3) is 0 Å². The van der Waals surface area contributed by atoms with E-state index in [0.29, 0.717) is 30.3 Å². The van der Waals surface area contributed by atoms with Crippen molar-refractivity contribution in [3.05, 3.63) is 35.2 Å². The van der Waals surface area contributed by atoms with Gasteiger partial charge < -0.3 is 10.6 Å². The Morgan fingerprint density at radius 1 is 1.27 bits per heavy atom. The molecule has 0 aliphatic carbocycles. The number of rotatable bonds is 3. The van der Waals surface area contributed by atoms with Crippen LogP contribution < -0.4 is 16.0 Å². The van der Waals surface area contributed by atoms with E-state index in [1.165, 1.54) is 0 Å². The summed E-state index contributed by atoms with van der Waals surface area (Å²) in [6.07, 6.45) is 3.11. The van der Waals surface area contributed by atoms with E-state index in [0.717, 1.165) is 43.0 Å². The first-order valence-electron chi connectivity index (χ1n) is 8.96. The molecule has 2 aliphatic rings. The third kappa shape index (κ3) is 3.32. The number of piperidine rings is 1. The number of aromatic nitrogens is 3. The zero-order chi connectivity index (χ0) is 18.1. The molecule has 2 aromatic rings. The van der Waals surface area contributed by atoms with E-state index in [4.69, 9.17) is 0 Å². The zero-order valence-electron chi connectivity index (χ0n) is 14.7. The third-order valence-electron chi connectivity index (χ3n) is 4.97. The number of anilines is 2. The van der Waals surface area contributed by atoms with Crippen LogP contribution >= 0.6 is 0 Å². The second-order valence-corrected chi connectivity index (χ2v) is 6.82. The largest absolute Gasteiger partial charge is 0.326 e. The number of carbonyl (C=O) groups excluding carboxylic acids is 2. The van der Waals surface area contributed by atoms with Crippen LogP contribution in [-0.4, -0.2) is 39.7 Å². The van der Waals surface area contributed by atoms with Crippen molar-refractivity contribution in [2.45, 2.75) is 31.6 Å². The highest BCUT2D eigenvalue weighted by Crippen LogP contribution is 2.25. The molecule has 0 atom stereocenters. The number of hydrogen-bond donors (Lipinski definition) is 3. The van der Waals surface area contributed by atoms with Gasteiger partial charge in [-0.2, -0.15) is 10.1 Å². The van der Waals surface area contributed by atoms with Crippen LogP contribution in [0.4, 0.5) is 11.6 Å². The molecule has 0 saturated carbocycles. The molecule has 3 heterocycles. The van der Waals surface area contributed by atoms with E-state index in [9.17, 15) is 9.59 Å². The molecule has 0 bridgehead atoms. The summed E-state index contributed by atoms with van der Waals surface area (Å²) >= 11 is 0. The lowest BCUT2D eigenvalue weighted by Gasteiger charge is -2.19. The van der Waals surface area contributed by atoms with E-state index in [1.807, 2.05) is 6.07 Å². The van der Waals surface area contributed by atoms with E-state index in [-0.39, 0.29) is 11.8 Å². The molecule has 2 aliphatic heterocycles. The maximum atomic E-state index is 12.6. The molecule has 8 heteroatoms. The van der Waals surface area contributed by atoms with Gasteiger partial charge in [-0.1, -0.05) is 0 Å². The summed E-state index contributed by atoms with van der Waals surface area (Å²) in [7, 11) is 1.79. The Balaban J connectivity index is 1.50. The van der Waals surface area contributed by atoms with Crippen molar-refractivity contribution in [3.63, 3.8) is 0 Å². The molecule has 0 unspecified atom stereocenters. The average molecular weight is 354 g/mol. The minimum atomic E-state index is -0.225. The van der Waals surface area contributed by atoms with Crippen LogP contribution in [0.1, 0.15) is 46.9 Å². The molecule has 2 amide bonds. The quantitative estimate of drug-likeness (QED) is 0.774. The van der Waals surface area contributed by atoms with Crippen molar-refractivity contribution in [3.8, 4) is 0 Å².